The molecule has 20 heavy (non-hydrogen) atoms. The third kappa shape index (κ3) is 4.20. The van der Waals surface area contributed by atoms with Gasteiger partial charge in [0.2, 0.25) is 0 Å². The summed E-state index contributed by atoms with van der Waals surface area (Å²) >= 11 is 5.25. The molecule has 0 aliphatic heterocycles. The van der Waals surface area contributed by atoms with Gasteiger partial charge in [-0.3, -0.25) is 0 Å². The van der Waals surface area contributed by atoms with Crippen molar-refractivity contribution >= 4 is 23.1 Å². The minimum absolute atomic E-state index is 0.547. The smallest absolute Gasteiger partial charge is 0.172 e. The number of ether oxygens (including phenoxy) is 1. The van der Waals surface area contributed by atoms with Crippen LogP contribution in [0, 0.1) is 6.92 Å². The zero-order valence-corrected chi connectivity index (χ0v) is 12.3. The largest absolute Gasteiger partial charge is 0.497 e. The number of benzene rings is 1. The topological polar surface area (TPSA) is 46.2 Å². The SMILES string of the molecule is COc1cccc(CNC(=S)Nc2cccc(C)n2)c1. The summed E-state index contributed by atoms with van der Waals surface area (Å²) < 4.78 is 5.18. The second-order valence-electron chi connectivity index (χ2n) is 4.32. The highest BCUT2D eigenvalue weighted by atomic mass is 32.1. The average Bonchev–Trinajstić information content (AvgIpc) is 2.45. The first-order valence-electron chi connectivity index (χ1n) is 6.29. The highest BCUT2D eigenvalue weighted by Gasteiger charge is 2.00. The van der Waals surface area contributed by atoms with Crippen molar-refractivity contribution in [2.24, 2.45) is 0 Å². The van der Waals surface area contributed by atoms with Gasteiger partial charge in [-0.25, -0.2) is 4.98 Å². The van der Waals surface area contributed by atoms with Crippen molar-refractivity contribution in [2.45, 2.75) is 13.5 Å². The van der Waals surface area contributed by atoms with E-state index in [9.17, 15) is 0 Å². The van der Waals surface area contributed by atoms with Crippen molar-refractivity contribution in [3.8, 4) is 5.75 Å². The summed E-state index contributed by atoms with van der Waals surface area (Å²) in [5, 5.41) is 6.75. The molecule has 0 saturated carbocycles. The van der Waals surface area contributed by atoms with Crippen LogP contribution in [-0.4, -0.2) is 17.2 Å². The zero-order valence-electron chi connectivity index (χ0n) is 11.5. The highest BCUT2D eigenvalue weighted by molar-refractivity contribution is 7.80. The van der Waals surface area contributed by atoms with Crippen LogP contribution in [0.15, 0.2) is 42.5 Å². The van der Waals surface area contributed by atoms with Crippen molar-refractivity contribution in [1.29, 1.82) is 0 Å². The lowest BCUT2D eigenvalue weighted by molar-refractivity contribution is 0.414. The van der Waals surface area contributed by atoms with E-state index in [1.807, 2.05) is 49.4 Å². The van der Waals surface area contributed by atoms with Crippen LogP contribution in [0.1, 0.15) is 11.3 Å². The predicted molar refractivity (Wildman–Crippen MR) is 85.0 cm³/mol. The molecule has 0 atom stereocenters. The average molecular weight is 287 g/mol. The summed E-state index contributed by atoms with van der Waals surface area (Å²) in [6, 6.07) is 13.6. The third-order valence-electron chi connectivity index (χ3n) is 2.72. The first-order chi connectivity index (χ1) is 9.67. The fourth-order valence-corrected chi connectivity index (χ4v) is 1.91. The van der Waals surface area contributed by atoms with Crippen LogP contribution in [0.4, 0.5) is 5.82 Å². The lowest BCUT2D eigenvalue weighted by Crippen LogP contribution is -2.28. The number of aromatic nitrogens is 1. The van der Waals surface area contributed by atoms with Gasteiger partial charge in [0.25, 0.3) is 0 Å². The molecule has 1 aromatic carbocycles. The summed E-state index contributed by atoms with van der Waals surface area (Å²) in [4.78, 5) is 4.34. The minimum atomic E-state index is 0.547. The molecule has 0 amide bonds. The number of thiocarbonyl (C=S) groups is 1. The number of hydrogen-bond acceptors (Lipinski definition) is 3. The Morgan fingerprint density at radius 1 is 1.25 bits per heavy atom. The fraction of sp³-hybridized carbons (Fsp3) is 0.200. The predicted octanol–water partition coefficient (Wildman–Crippen LogP) is 2.89. The molecule has 0 bridgehead atoms. The molecular weight excluding hydrogens is 270 g/mol. The van der Waals surface area contributed by atoms with Gasteiger partial charge in [0.15, 0.2) is 5.11 Å². The molecule has 0 aliphatic carbocycles. The van der Waals surface area contributed by atoms with Crippen molar-refractivity contribution in [2.75, 3.05) is 12.4 Å². The molecule has 0 spiro atoms. The normalized spacial score (nSPS) is 9.90. The van der Waals surface area contributed by atoms with Gasteiger partial charge in [-0.05, 0) is 49.0 Å². The Bertz CT molecular complexity index is 601. The Kier molecular flexibility index (Phi) is 4.90. The zero-order chi connectivity index (χ0) is 14.4. The van der Waals surface area contributed by atoms with E-state index in [2.05, 4.69) is 15.6 Å². The molecule has 0 saturated heterocycles. The molecule has 104 valence electrons. The maximum absolute atomic E-state index is 5.25. The molecule has 1 heterocycles. The van der Waals surface area contributed by atoms with Crippen molar-refractivity contribution in [3.05, 3.63) is 53.7 Å². The molecule has 2 N–H and O–H groups in total. The van der Waals surface area contributed by atoms with E-state index in [4.69, 9.17) is 17.0 Å². The Labute approximate surface area is 124 Å². The van der Waals surface area contributed by atoms with Gasteiger partial charge in [0, 0.05) is 12.2 Å². The molecular formula is C15H17N3OS. The molecule has 0 unspecified atom stereocenters. The quantitative estimate of drug-likeness (QED) is 0.847. The maximum Gasteiger partial charge on any atom is 0.172 e. The number of nitrogens with one attached hydrogen (secondary N) is 2. The Balaban J connectivity index is 1.88. The number of hydrogen-bond donors (Lipinski definition) is 2. The molecule has 2 aromatic rings. The van der Waals surface area contributed by atoms with Gasteiger partial charge in [-0.2, -0.15) is 0 Å². The van der Waals surface area contributed by atoms with Crippen molar-refractivity contribution in [1.82, 2.24) is 10.3 Å². The first-order valence-corrected chi connectivity index (χ1v) is 6.69. The molecule has 2 rings (SSSR count). The van der Waals surface area contributed by atoms with Crippen molar-refractivity contribution < 1.29 is 4.74 Å². The maximum atomic E-state index is 5.25. The van der Waals surface area contributed by atoms with Crippen LogP contribution in [-0.2, 0) is 6.54 Å². The van der Waals surface area contributed by atoms with Crippen LogP contribution in [0.3, 0.4) is 0 Å². The minimum Gasteiger partial charge on any atom is -0.497 e. The standard InChI is InChI=1S/C15H17N3OS/c1-11-5-3-8-14(17-11)18-15(20)16-10-12-6-4-7-13(9-12)19-2/h3-9H,10H2,1-2H3,(H2,16,17,18,20). The third-order valence-corrected chi connectivity index (χ3v) is 2.96. The Morgan fingerprint density at radius 2 is 2.05 bits per heavy atom. The Morgan fingerprint density at radius 3 is 2.80 bits per heavy atom. The molecule has 0 fully saturated rings. The van der Waals surface area contributed by atoms with E-state index in [1.54, 1.807) is 7.11 Å². The van der Waals surface area contributed by atoms with E-state index in [1.165, 1.54) is 0 Å². The van der Waals surface area contributed by atoms with E-state index in [0.717, 1.165) is 22.8 Å². The number of aryl methyl sites for hydroxylation is 1. The molecule has 0 aliphatic rings. The van der Waals surface area contributed by atoms with Crippen LogP contribution >= 0.6 is 12.2 Å². The summed E-state index contributed by atoms with van der Waals surface area (Å²) in [6.45, 7) is 2.58. The van der Waals surface area contributed by atoms with Gasteiger partial charge >= 0.3 is 0 Å². The molecule has 0 radical (unpaired) electrons. The summed E-state index contributed by atoms with van der Waals surface area (Å²) in [5.41, 5.74) is 2.05. The fourth-order valence-electron chi connectivity index (χ4n) is 1.74. The summed E-state index contributed by atoms with van der Waals surface area (Å²) in [5.74, 6) is 1.58. The number of methoxy groups -OCH3 is 1. The van der Waals surface area contributed by atoms with Crippen LogP contribution < -0.4 is 15.4 Å². The first kappa shape index (κ1) is 14.3. The van der Waals surface area contributed by atoms with E-state index >= 15 is 0 Å². The number of rotatable bonds is 4. The molecule has 5 heteroatoms. The second kappa shape index (κ2) is 6.86. The lowest BCUT2D eigenvalue weighted by atomic mass is 10.2. The number of pyridine rings is 1. The monoisotopic (exact) mass is 287 g/mol. The second-order valence-corrected chi connectivity index (χ2v) is 4.73. The summed E-state index contributed by atoms with van der Waals surface area (Å²) in [7, 11) is 1.65. The lowest BCUT2D eigenvalue weighted by Gasteiger charge is -2.11. The van der Waals surface area contributed by atoms with Crippen LogP contribution in [0.25, 0.3) is 0 Å². The van der Waals surface area contributed by atoms with Gasteiger partial charge in [0.1, 0.15) is 11.6 Å². The van der Waals surface area contributed by atoms with Gasteiger partial charge in [-0.1, -0.05) is 18.2 Å². The highest BCUT2D eigenvalue weighted by Crippen LogP contribution is 2.12. The van der Waals surface area contributed by atoms with Crippen LogP contribution in [0.5, 0.6) is 5.75 Å². The van der Waals surface area contributed by atoms with Crippen LogP contribution in [0.2, 0.25) is 0 Å². The summed E-state index contributed by atoms with van der Waals surface area (Å²) in [6.07, 6.45) is 0. The van der Waals surface area contributed by atoms with Gasteiger partial charge < -0.3 is 15.4 Å². The molecule has 1 aromatic heterocycles. The molecule has 4 nitrogen and oxygen atoms in total. The van der Waals surface area contributed by atoms with E-state index in [0.29, 0.717) is 11.7 Å². The number of anilines is 1. The Hall–Kier alpha value is -2.14. The van der Waals surface area contributed by atoms with E-state index in [-0.39, 0.29) is 0 Å². The number of nitrogens with zero attached hydrogens (tertiary/aromatic N) is 1. The van der Waals surface area contributed by atoms with Crippen molar-refractivity contribution in [3.63, 3.8) is 0 Å². The van der Waals surface area contributed by atoms with Gasteiger partial charge in [0.05, 0.1) is 7.11 Å². The van der Waals surface area contributed by atoms with Gasteiger partial charge in [-0.15, -0.1) is 0 Å². The van der Waals surface area contributed by atoms with E-state index < -0.39 is 0 Å².